The number of halogens is 1. The van der Waals surface area contributed by atoms with Gasteiger partial charge in [-0.15, -0.1) is 0 Å². The molecule has 0 radical (unpaired) electrons. The Labute approximate surface area is 164 Å². The van der Waals surface area contributed by atoms with E-state index in [1.165, 1.54) is 0 Å². The molecule has 2 aliphatic rings. The molecule has 1 fully saturated rings. The molecule has 0 saturated carbocycles. The van der Waals surface area contributed by atoms with E-state index in [0.717, 1.165) is 30.9 Å². The molecule has 2 aliphatic heterocycles. The molecular weight excluding hydrogens is 364 g/mol. The van der Waals surface area contributed by atoms with E-state index < -0.39 is 0 Å². The Morgan fingerprint density at radius 1 is 1.26 bits per heavy atom. The Morgan fingerprint density at radius 3 is 2.74 bits per heavy atom. The van der Waals surface area contributed by atoms with Crippen LogP contribution in [0.25, 0.3) is 5.65 Å². The third-order valence-corrected chi connectivity index (χ3v) is 5.33. The maximum absolute atomic E-state index is 13.3. The van der Waals surface area contributed by atoms with Crippen LogP contribution in [0.3, 0.4) is 0 Å². The monoisotopic (exact) mass is 388 g/mol. The Hall–Kier alpha value is -1.89. The number of ether oxygens (including phenoxy) is 1. The number of rotatable bonds is 3. The molecule has 1 amide bonds. The van der Waals surface area contributed by atoms with Crippen molar-refractivity contribution >= 4 is 23.2 Å². The zero-order valence-electron chi connectivity index (χ0n) is 15.8. The lowest BCUT2D eigenvalue weighted by molar-refractivity contribution is -0.0587. The van der Waals surface area contributed by atoms with Crippen LogP contribution in [0.5, 0.6) is 0 Å². The predicted molar refractivity (Wildman–Crippen MR) is 105 cm³/mol. The Bertz CT molecular complexity index is 868. The fraction of sp³-hybridized carbons (Fsp3) is 0.500. The van der Waals surface area contributed by atoms with Gasteiger partial charge in [0.25, 0.3) is 5.91 Å². The molecule has 0 N–H and O–H groups in total. The SMILES string of the molecule is C[C@@H]1CN(C(=O)c2nc3ccc(Cl)cn3c2CN2CC=CCC2)C[C@H](C)O1. The minimum Gasteiger partial charge on any atom is -0.372 e. The summed E-state index contributed by atoms with van der Waals surface area (Å²) in [5, 5.41) is 0.632. The summed E-state index contributed by atoms with van der Waals surface area (Å²) in [6, 6.07) is 3.67. The topological polar surface area (TPSA) is 50.1 Å². The maximum Gasteiger partial charge on any atom is 0.274 e. The van der Waals surface area contributed by atoms with Crippen LogP contribution in [0.1, 0.15) is 36.5 Å². The molecule has 6 nitrogen and oxygen atoms in total. The van der Waals surface area contributed by atoms with E-state index in [-0.39, 0.29) is 18.1 Å². The number of imidazole rings is 1. The first-order valence-electron chi connectivity index (χ1n) is 9.50. The zero-order chi connectivity index (χ0) is 19.0. The molecule has 2 aromatic rings. The second-order valence-corrected chi connectivity index (χ2v) is 7.88. The summed E-state index contributed by atoms with van der Waals surface area (Å²) in [5.41, 5.74) is 2.17. The van der Waals surface area contributed by atoms with Gasteiger partial charge in [-0.05, 0) is 32.4 Å². The fourth-order valence-corrected chi connectivity index (χ4v) is 4.09. The van der Waals surface area contributed by atoms with Crippen molar-refractivity contribution in [1.29, 1.82) is 0 Å². The van der Waals surface area contributed by atoms with Crippen LogP contribution in [0.4, 0.5) is 0 Å². The quantitative estimate of drug-likeness (QED) is 0.758. The van der Waals surface area contributed by atoms with Gasteiger partial charge in [-0.25, -0.2) is 4.98 Å². The number of aromatic nitrogens is 2. The normalized spacial score (nSPS) is 23.9. The molecule has 0 spiro atoms. The zero-order valence-corrected chi connectivity index (χ0v) is 16.5. The largest absolute Gasteiger partial charge is 0.372 e. The first-order chi connectivity index (χ1) is 13.0. The molecule has 27 heavy (non-hydrogen) atoms. The summed E-state index contributed by atoms with van der Waals surface area (Å²) in [7, 11) is 0. The van der Waals surface area contributed by atoms with Crippen molar-refractivity contribution in [1.82, 2.24) is 19.2 Å². The van der Waals surface area contributed by atoms with Gasteiger partial charge in [0.15, 0.2) is 5.69 Å². The molecular formula is C20H25ClN4O2. The number of carbonyl (C=O) groups excluding carboxylic acids is 1. The molecule has 1 saturated heterocycles. The van der Waals surface area contributed by atoms with Gasteiger partial charge in [0, 0.05) is 38.9 Å². The van der Waals surface area contributed by atoms with Crippen molar-refractivity contribution in [3.05, 3.63) is 46.9 Å². The van der Waals surface area contributed by atoms with Gasteiger partial charge in [-0.2, -0.15) is 0 Å². The summed E-state index contributed by atoms with van der Waals surface area (Å²) >= 11 is 6.22. The number of hydrogen-bond donors (Lipinski definition) is 0. The van der Waals surface area contributed by atoms with Crippen LogP contribution in [0.2, 0.25) is 5.02 Å². The van der Waals surface area contributed by atoms with E-state index in [0.29, 0.717) is 30.4 Å². The van der Waals surface area contributed by atoms with E-state index in [1.54, 1.807) is 0 Å². The minimum absolute atomic E-state index is 0.0276. The van der Waals surface area contributed by atoms with Crippen molar-refractivity contribution in [2.75, 3.05) is 26.2 Å². The van der Waals surface area contributed by atoms with Crippen molar-refractivity contribution in [2.24, 2.45) is 0 Å². The number of hydrogen-bond acceptors (Lipinski definition) is 4. The number of fused-ring (bicyclic) bond motifs is 1. The fourth-order valence-electron chi connectivity index (χ4n) is 3.93. The first-order valence-corrected chi connectivity index (χ1v) is 9.87. The van der Waals surface area contributed by atoms with Gasteiger partial charge in [0.1, 0.15) is 5.65 Å². The Balaban J connectivity index is 1.71. The molecule has 0 aliphatic carbocycles. The van der Waals surface area contributed by atoms with Crippen LogP contribution in [0.15, 0.2) is 30.5 Å². The number of nitrogens with zero attached hydrogens (tertiary/aromatic N) is 4. The van der Waals surface area contributed by atoms with Gasteiger partial charge in [0.05, 0.1) is 22.9 Å². The van der Waals surface area contributed by atoms with Crippen molar-refractivity contribution in [2.45, 2.75) is 39.0 Å². The summed E-state index contributed by atoms with van der Waals surface area (Å²) < 4.78 is 7.74. The third-order valence-electron chi connectivity index (χ3n) is 5.11. The maximum atomic E-state index is 13.3. The number of carbonyl (C=O) groups is 1. The average molecular weight is 389 g/mol. The highest BCUT2D eigenvalue weighted by molar-refractivity contribution is 6.30. The number of morpholine rings is 1. The molecule has 0 aromatic carbocycles. The van der Waals surface area contributed by atoms with E-state index in [9.17, 15) is 4.79 Å². The van der Waals surface area contributed by atoms with Crippen LogP contribution < -0.4 is 0 Å². The summed E-state index contributed by atoms with van der Waals surface area (Å²) in [6.45, 7) is 7.70. The van der Waals surface area contributed by atoms with Gasteiger partial charge >= 0.3 is 0 Å². The molecule has 4 heterocycles. The van der Waals surface area contributed by atoms with E-state index in [1.807, 2.05) is 41.5 Å². The number of amides is 1. The van der Waals surface area contributed by atoms with Crippen molar-refractivity contribution < 1.29 is 9.53 Å². The standard InChI is InChI=1S/C20H25ClN4O2/c1-14-10-24(11-15(2)27-14)20(26)19-17(13-23-8-4-3-5-9-23)25-12-16(21)6-7-18(25)22-19/h3-4,6-7,12,14-15H,5,8-11,13H2,1-2H3/t14-,15+. The number of pyridine rings is 1. The van der Waals surface area contributed by atoms with Gasteiger partial charge in [-0.3, -0.25) is 9.69 Å². The Kier molecular flexibility index (Phi) is 5.21. The van der Waals surface area contributed by atoms with Crippen LogP contribution >= 0.6 is 11.6 Å². The first kappa shape index (κ1) is 18.5. The van der Waals surface area contributed by atoms with Gasteiger partial charge in [0.2, 0.25) is 0 Å². The third kappa shape index (κ3) is 3.88. The van der Waals surface area contributed by atoms with Crippen molar-refractivity contribution in [3.63, 3.8) is 0 Å². The van der Waals surface area contributed by atoms with Crippen LogP contribution in [0, 0.1) is 0 Å². The van der Waals surface area contributed by atoms with Gasteiger partial charge < -0.3 is 14.0 Å². The molecule has 4 rings (SSSR count). The van der Waals surface area contributed by atoms with E-state index in [2.05, 4.69) is 22.0 Å². The average Bonchev–Trinajstić information content (AvgIpc) is 2.99. The summed E-state index contributed by atoms with van der Waals surface area (Å²) in [6.07, 6.45) is 7.30. The van der Waals surface area contributed by atoms with Crippen LogP contribution in [-0.2, 0) is 11.3 Å². The summed E-state index contributed by atoms with van der Waals surface area (Å²) in [5.74, 6) is -0.0284. The highest BCUT2D eigenvalue weighted by Gasteiger charge is 2.30. The lowest BCUT2D eigenvalue weighted by atomic mass is 10.2. The van der Waals surface area contributed by atoms with Crippen LogP contribution in [-0.4, -0.2) is 63.5 Å². The lowest BCUT2D eigenvalue weighted by Crippen LogP contribution is -2.48. The summed E-state index contributed by atoms with van der Waals surface area (Å²) in [4.78, 5) is 22.2. The minimum atomic E-state index is -0.0284. The molecule has 0 bridgehead atoms. The highest BCUT2D eigenvalue weighted by atomic mass is 35.5. The lowest BCUT2D eigenvalue weighted by Gasteiger charge is -2.35. The molecule has 144 valence electrons. The van der Waals surface area contributed by atoms with Crippen molar-refractivity contribution in [3.8, 4) is 0 Å². The van der Waals surface area contributed by atoms with E-state index >= 15 is 0 Å². The molecule has 0 unspecified atom stereocenters. The molecule has 2 atom stereocenters. The molecule has 2 aromatic heterocycles. The van der Waals surface area contributed by atoms with E-state index in [4.69, 9.17) is 16.3 Å². The molecule has 7 heteroatoms. The smallest absolute Gasteiger partial charge is 0.274 e. The Morgan fingerprint density at radius 2 is 2.04 bits per heavy atom. The highest BCUT2D eigenvalue weighted by Crippen LogP contribution is 2.22. The van der Waals surface area contributed by atoms with Gasteiger partial charge in [-0.1, -0.05) is 23.8 Å². The second kappa shape index (κ2) is 7.62. The predicted octanol–water partition coefficient (Wildman–Crippen LogP) is 3.00. The second-order valence-electron chi connectivity index (χ2n) is 7.45.